The van der Waals surface area contributed by atoms with Crippen molar-refractivity contribution in [1.82, 2.24) is 14.9 Å². The third-order valence-electron chi connectivity index (χ3n) is 5.22. The summed E-state index contributed by atoms with van der Waals surface area (Å²) in [5.74, 6) is 0. The molecule has 0 unspecified atom stereocenters. The Balaban J connectivity index is 1.63. The molecule has 0 N–H and O–H groups in total. The van der Waals surface area contributed by atoms with Crippen LogP contribution in [0, 0.1) is 0 Å². The molecule has 26 heavy (non-hydrogen) atoms. The first-order chi connectivity index (χ1) is 12.8. The van der Waals surface area contributed by atoms with E-state index in [-0.39, 0.29) is 0 Å². The van der Waals surface area contributed by atoms with E-state index in [0.717, 1.165) is 60.4 Å². The van der Waals surface area contributed by atoms with Crippen molar-refractivity contribution in [2.45, 2.75) is 6.92 Å². The highest BCUT2D eigenvalue weighted by Crippen LogP contribution is 2.28. The Labute approximate surface area is 154 Å². The van der Waals surface area contributed by atoms with E-state index in [0.29, 0.717) is 0 Å². The van der Waals surface area contributed by atoms with Crippen molar-refractivity contribution in [3.8, 4) is 11.3 Å². The van der Waals surface area contributed by atoms with Crippen molar-refractivity contribution in [2.24, 2.45) is 0 Å². The van der Waals surface area contributed by atoms with Crippen molar-refractivity contribution in [3.05, 3.63) is 60.9 Å². The van der Waals surface area contributed by atoms with Crippen molar-refractivity contribution >= 4 is 22.7 Å². The van der Waals surface area contributed by atoms with Gasteiger partial charge in [-0.25, -0.2) is 9.97 Å². The first-order valence-electron chi connectivity index (χ1n) is 9.23. The Morgan fingerprint density at radius 3 is 2.46 bits per heavy atom. The third-order valence-corrected chi connectivity index (χ3v) is 5.22. The van der Waals surface area contributed by atoms with E-state index >= 15 is 0 Å². The molecule has 4 heteroatoms. The van der Waals surface area contributed by atoms with Gasteiger partial charge in [0.1, 0.15) is 6.33 Å². The van der Waals surface area contributed by atoms with E-state index in [1.165, 1.54) is 5.69 Å². The Morgan fingerprint density at radius 1 is 1.00 bits per heavy atom. The maximum Gasteiger partial charge on any atom is 0.116 e. The molecule has 0 atom stereocenters. The molecule has 0 aliphatic carbocycles. The van der Waals surface area contributed by atoms with Gasteiger partial charge in [0, 0.05) is 42.8 Å². The largest absolute Gasteiger partial charge is 0.369 e. The highest BCUT2D eigenvalue weighted by molar-refractivity contribution is 5.93. The van der Waals surface area contributed by atoms with Gasteiger partial charge in [-0.05, 0) is 36.4 Å². The average Bonchev–Trinajstić information content (AvgIpc) is 2.73. The van der Waals surface area contributed by atoms with Gasteiger partial charge in [-0.1, -0.05) is 37.8 Å². The molecule has 1 aliphatic heterocycles. The number of aromatic nitrogens is 2. The molecule has 0 amide bonds. The lowest BCUT2D eigenvalue weighted by atomic mass is 10.0. The highest BCUT2D eigenvalue weighted by Gasteiger charge is 2.16. The van der Waals surface area contributed by atoms with E-state index in [1.807, 2.05) is 18.2 Å². The van der Waals surface area contributed by atoms with Crippen LogP contribution in [0.2, 0.25) is 0 Å². The minimum Gasteiger partial charge on any atom is -0.369 e. The molecule has 1 aromatic heterocycles. The molecule has 0 radical (unpaired) electrons. The average molecular weight is 344 g/mol. The molecule has 132 valence electrons. The molecule has 2 aromatic carbocycles. The molecule has 0 saturated carbocycles. The monoisotopic (exact) mass is 344 g/mol. The van der Waals surface area contributed by atoms with E-state index in [9.17, 15) is 0 Å². The Morgan fingerprint density at radius 2 is 1.77 bits per heavy atom. The molecular formula is C22H24N4. The molecule has 0 bridgehead atoms. The van der Waals surface area contributed by atoms with E-state index < -0.39 is 0 Å². The normalized spacial score (nSPS) is 15.3. The van der Waals surface area contributed by atoms with Gasteiger partial charge >= 0.3 is 0 Å². The second-order valence-corrected chi connectivity index (χ2v) is 6.67. The summed E-state index contributed by atoms with van der Waals surface area (Å²) in [7, 11) is 0. The lowest BCUT2D eigenvalue weighted by Crippen LogP contribution is -2.46. The molecular weight excluding hydrogens is 320 g/mol. The summed E-state index contributed by atoms with van der Waals surface area (Å²) >= 11 is 0. The molecule has 0 spiro atoms. The number of rotatable bonds is 4. The lowest BCUT2D eigenvalue weighted by Gasteiger charge is -2.35. The zero-order valence-electron chi connectivity index (χ0n) is 15.2. The fraction of sp³-hybridized carbons (Fsp3) is 0.273. The summed E-state index contributed by atoms with van der Waals surface area (Å²) in [6.07, 6.45) is 3.50. The van der Waals surface area contributed by atoms with E-state index in [2.05, 4.69) is 63.6 Å². The summed E-state index contributed by atoms with van der Waals surface area (Å²) in [6, 6.07) is 14.9. The van der Waals surface area contributed by atoms with Crippen molar-refractivity contribution in [1.29, 1.82) is 0 Å². The highest BCUT2D eigenvalue weighted by atomic mass is 15.3. The van der Waals surface area contributed by atoms with Crippen LogP contribution in [-0.2, 0) is 0 Å². The minimum atomic E-state index is 0.959. The SMILES string of the molecule is C=Cc1ccc2ncnc(-c3ccc(N4CCN(CC)CC4)cc3)c2c1. The van der Waals surface area contributed by atoms with E-state index in [4.69, 9.17) is 0 Å². The van der Waals surface area contributed by atoms with Crippen LogP contribution in [0.4, 0.5) is 5.69 Å². The molecule has 4 rings (SSSR count). The summed E-state index contributed by atoms with van der Waals surface area (Å²) in [4.78, 5) is 13.9. The number of piperazine rings is 1. The van der Waals surface area contributed by atoms with Gasteiger partial charge in [-0.3, -0.25) is 0 Å². The molecule has 2 heterocycles. The molecule has 1 saturated heterocycles. The van der Waals surface area contributed by atoms with Gasteiger partial charge in [0.15, 0.2) is 0 Å². The maximum atomic E-state index is 4.55. The summed E-state index contributed by atoms with van der Waals surface area (Å²) in [5.41, 5.74) is 5.42. The number of anilines is 1. The third kappa shape index (κ3) is 3.20. The topological polar surface area (TPSA) is 32.3 Å². The summed E-state index contributed by atoms with van der Waals surface area (Å²) < 4.78 is 0. The predicted octanol–water partition coefficient (Wildman–Crippen LogP) is 4.08. The van der Waals surface area contributed by atoms with Gasteiger partial charge in [0.2, 0.25) is 0 Å². The number of fused-ring (bicyclic) bond motifs is 1. The Bertz CT molecular complexity index is 909. The standard InChI is InChI=1S/C22H24N4/c1-3-17-5-10-21-20(15-17)22(24-16-23-21)18-6-8-19(9-7-18)26-13-11-25(4-2)12-14-26/h3,5-10,15-16H,1,4,11-14H2,2H3. The number of likely N-dealkylation sites (N-methyl/N-ethyl adjacent to an activating group) is 1. The van der Waals surface area contributed by atoms with Crippen LogP contribution in [0.3, 0.4) is 0 Å². The number of hydrogen-bond acceptors (Lipinski definition) is 4. The van der Waals surface area contributed by atoms with Gasteiger partial charge in [0.05, 0.1) is 11.2 Å². The van der Waals surface area contributed by atoms with Crippen LogP contribution >= 0.6 is 0 Å². The van der Waals surface area contributed by atoms with Crippen LogP contribution in [0.15, 0.2) is 55.4 Å². The van der Waals surface area contributed by atoms with Crippen LogP contribution in [0.1, 0.15) is 12.5 Å². The number of nitrogens with zero attached hydrogens (tertiary/aromatic N) is 4. The molecule has 3 aromatic rings. The van der Waals surface area contributed by atoms with Crippen molar-refractivity contribution in [3.63, 3.8) is 0 Å². The van der Waals surface area contributed by atoms with Crippen molar-refractivity contribution in [2.75, 3.05) is 37.6 Å². The smallest absolute Gasteiger partial charge is 0.116 e. The second kappa shape index (κ2) is 7.26. The maximum absolute atomic E-state index is 4.55. The van der Waals surface area contributed by atoms with Crippen LogP contribution in [-0.4, -0.2) is 47.6 Å². The van der Waals surface area contributed by atoms with Crippen LogP contribution in [0.5, 0.6) is 0 Å². The van der Waals surface area contributed by atoms with Crippen LogP contribution < -0.4 is 4.90 Å². The Hall–Kier alpha value is -2.72. The summed E-state index contributed by atoms with van der Waals surface area (Å²) in [6.45, 7) is 11.7. The number of benzene rings is 2. The summed E-state index contributed by atoms with van der Waals surface area (Å²) in [5, 5.41) is 1.06. The Kier molecular flexibility index (Phi) is 4.67. The molecule has 1 aliphatic rings. The quantitative estimate of drug-likeness (QED) is 0.714. The molecule has 1 fully saturated rings. The minimum absolute atomic E-state index is 0.959. The first kappa shape index (κ1) is 16.7. The van der Waals surface area contributed by atoms with Gasteiger partial charge in [0.25, 0.3) is 0 Å². The second-order valence-electron chi connectivity index (χ2n) is 6.67. The van der Waals surface area contributed by atoms with E-state index in [1.54, 1.807) is 6.33 Å². The number of hydrogen-bond donors (Lipinski definition) is 0. The van der Waals surface area contributed by atoms with Gasteiger partial charge in [-0.2, -0.15) is 0 Å². The van der Waals surface area contributed by atoms with Gasteiger partial charge in [-0.15, -0.1) is 0 Å². The zero-order valence-corrected chi connectivity index (χ0v) is 15.2. The van der Waals surface area contributed by atoms with Crippen LogP contribution in [0.25, 0.3) is 28.2 Å². The van der Waals surface area contributed by atoms with Crippen molar-refractivity contribution < 1.29 is 0 Å². The fourth-order valence-electron chi connectivity index (χ4n) is 3.58. The first-order valence-corrected chi connectivity index (χ1v) is 9.23. The van der Waals surface area contributed by atoms with Gasteiger partial charge < -0.3 is 9.80 Å². The predicted molar refractivity (Wildman–Crippen MR) is 109 cm³/mol. The molecule has 4 nitrogen and oxygen atoms in total. The lowest BCUT2D eigenvalue weighted by molar-refractivity contribution is 0.271. The fourth-order valence-corrected chi connectivity index (χ4v) is 3.58. The zero-order chi connectivity index (χ0) is 17.9.